The van der Waals surface area contributed by atoms with Gasteiger partial charge >= 0.3 is 0 Å². The summed E-state index contributed by atoms with van der Waals surface area (Å²) in [6, 6.07) is 0.479. The van der Waals surface area contributed by atoms with Crippen LogP contribution in [-0.4, -0.2) is 79.1 Å². The van der Waals surface area contributed by atoms with Crippen molar-refractivity contribution in [2.45, 2.75) is 51.4 Å². The van der Waals surface area contributed by atoms with Crippen molar-refractivity contribution in [3.8, 4) is 0 Å². The Labute approximate surface area is 123 Å². The summed E-state index contributed by atoms with van der Waals surface area (Å²) < 4.78 is 0. The normalized spacial score (nSPS) is 33.1. The van der Waals surface area contributed by atoms with Crippen molar-refractivity contribution in [2.24, 2.45) is 0 Å². The number of hydrogen-bond acceptors (Lipinski definition) is 4. The summed E-state index contributed by atoms with van der Waals surface area (Å²) >= 11 is 0. The molecule has 2 aliphatic heterocycles. The summed E-state index contributed by atoms with van der Waals surface area (Å²) in [5.41, 5.74) is 0. The largest absolute Gasteiger partial charge is 0.324 e. The van der Waals surface area contributed by atoms with Gasteiger partial charge in [0.25, 0.3) is 0 Å². The molecule has 5 heteroatoms. The Bertz CT molecular complexity index is 336. The predicted molar refractivity (Wildman–Crippen MR) is 81.5 cm³/mol. The van der Waals surface area contributed by atoms with Crippen molar-refractivity contribution < 1.29 is 4.79 Å². The quantitative estimate of drug-likeness (QED) is 0.800. The van der Waals surface area contributed by atoms with Crippen LogP contribution in [0.1, 0.15) is 33.1 Å². The molecule has 0 saturated carbocycles. The highest BCUT2D eigenvalue weighted by Crippen LogP contribution is 2.19. The Morgan fingerprint density at radius 3 is 2.65 bits per heavy atom. The number of carbonyl (C=O) groups excluding carboxylic acids is 1. The van der Waals surface area contributed by atoms with E-state index in [0.29, 0.717) is 11.9 Å². The van der Waals surface area contributed by atoms with Gasteiger partial charge in [-0.15, -0.1) is 0 Å². The first-order chi connectivity index (χ1) is 9.56. The van der Waals surface area contributed by atoms with E-state index in [9.17, 15) is 4.79 Å². The third kappa shape index (κ3) is 3.32. The van der Waals surface area contributed by atoms with Crippen LogP contribution in [0, 0.1) is 0 Å². The van der Waals surface area contributed by atoms with E-state index in [1.54, 1.807) is 0 Å². The molecule has 2 saturated heterocycles. The van der Waals surface area contributed by atoms with Crippen molar-refractivity contribution in [3.63, 3.8) is 0 Å². The molecule has 2 aliphatic rings. The van der Waals surface area contributed by atoms with Crippen LogP contribution in [-0.2, 0) is 4.79 Å². The van der Waals surface area contributed by atoms with Crippen LogP contribution in [0.2, 0.25) is 0 Å². The molecule has 20 heavy (non-hydrogen) atoms. The fraction of sp³-hybridized carbons (Fsp3) is 0.933. The second-order valence-electron chi connectivity index (χ2n) is 6.32. The Morgan fingerprint density at radius 1 is 1.25 bits per heavy atom. The summed E-state index contributed by atoms with van der Waals surface area (Å²) in [5, 5.41) is 3.50. The van der Waals surface area contributed by atoms with Gasteiger partial charge in [-0.2, -0.15) is 0 Å². The second-order valence-corrected chi connectivity index (χ2v) is 6.32. The number of hydrogen-bond donors (Lipinski definition) is 1. The van der Waals surface area contributed by atoms with Crippen molar-refractivity contribution in [1.29, 1.82) is 0 Å². The highest BCUT2D eigenvalue weighted by atomic mass is 16.2. The van der Waals surface area contributed by atoms with Gasteiger partial charge in [0, 0.05) is 32.2 Å². The van der Waals surface area contributed by atoms with E-state index < -0.39 is 0 Å². The molecule has 0 aromatic rings. The Balaban J connectivity index is 2.02. The third-order valence-corrected chi connectivity index (χ3v) is 4.71. The Kier molecular flexibility index (Phi) is 5.41. The molecule has 0 aromatic carbocycles. The third-order valence-electron chi connectivity index (χ3n) is 4.71. The number of likely N-dealkylation sites (N-methyl/N-ethyl adjacent to an activating group) is 2. The van der Waals surface area contributed by atoms with Crippen LogP contribution in [0.4, 0.5) is 0 Å². The first kappa shape index (κ1) is 15.7. The lowest BCUT2D eigenvalue weighted by Gasteiger charge is -2.40. The minimum atomic E-state index is 0.0261. The number of nitrogens with zero attached hydrogens (tertiary/aromatic N) is 3. The maximum absolute atomic E-state index is 12.5. The van der Waals surface area contributed by atoms with E-state index >= 15 is 0 Å². The van der Waals surface area contributed by atoms with E-state index in [-0.39, 0.29) is 12.2 Å². The van der Waals surface area contributed by atoms with Crippen LogP contribution in [0.5, 0.6) is 0 Å². The monoisotopic (exact) mass is 282 g/mol. The van der Waals surface area contributed by atoms with E-state index in [1.807, 2.05) is 0 Å². The molecule has 0 aromatic heterocycles. The summed E-state index contributed by atoms with van der Waals surface area (Å²) in [6.07, 6.45) is 3.28. The molecule has 2 heterocycles. The molecule has 1 amide bonds. The maximum Gasteiger partial charge on any atom is 0.241 e. The van der Waals surface area contributed by atoms with Crippen LogP contribution in [0.3, 0.4) is 0 Å². The van der Waals surface area contributed by atoms with E-state index in [0.717, 1.165) is 45.4 Å². The number of rotatable bonds is 5. The lowest BCUT2D eigenvalue weighted by molar-refractivity contribution is -0.131. The number of nitrogens with one attached hydrogen (secondary N) is 1. The minimum absolute atomic E-state index is 0.0261. The van der Waals surface area contributed by atoms with Gasteiger partial charge in [-0.1, -0.05) is 20.3 Å². The molecule has 3 unspecified atom stereocenters. The fourth-order valence-electron chi connectivity index (χ4n) is 3.30. The van der Waals surface area contributed by atoms with Crippen molar-refractivity contribution in [1.82, 2.24) is 20.0 Å². The summed E-state index contributed by atoms with van der Waals surface area (Å²) in [7, 11) is 4.35. The number of carbonyl (C=O) groups is 1. The highest BCUT2D eigenvalue weighted by Gasteiger charge is 2.39. The number of piperazine rings is 1. The molecule has 5 nitrogen and oxygen atoms in total. The maximum atomic E-state index is 12.5. The highest BCUT2D eigenvalue weighted by molar-refractivity contribution is 5.84. The van der Waals surface area contributed by atoms with E-state index in [4.69, 9.17) is 0 Å². The predicted octanol–water partition coefficient (Wildman–Crippen LogP) is 0.569. The number of amides is 1. The van der Waals surface area contributed by atoms with Crippen LogP contribution < -0.4 is 5.32 Å². The van der Waals surface area contributed by atoms with Gasteiger partial charge in [0.1, 0.15) is 0 Å². The van der Waals surface area contributed by atoms with Crippen LogP contribution in [0.15, 0.2) is 0 Å². The van der Waals surface area contributed by atoms with Gasteiger partial charge < -0.3 is 9.80 Å². The molecular formula is C15H30N4O. The summed E-state index contributed by atoms with van der Waals surface area (Å²) in [4.78, 5) is 19.4. The molecule has 0 aliphatic carbocycles. The first-order valence-electron chi connectivity index (χ1n) is 8.02. The molecule has 0 spiro atoms. The van der Waals surface area contributed by atoms with Gasteiger partial charge in [-0.25, -0.2) is 0 Å². The molecule has 116 valence electrons. The van der Waals surface area contributed by atoms with Gasteiger partial charge in [0.2, 0.25) is 5.91 Å². The van der Waals surface area contributed by atoms with Crippen molar-refractivity contribution in [3.05, 3.63) is 0 Å². The Hall–Kier alpha value is -0.650. The first-order valence-corrected chi connectivity index (χ1v) is 8.02. The standard InChI is InChI=1S/C15H30N4O/c1-5-7-14-16-13(6-2)15(20)19(14)11-12-10-17(3)8-9-18(12)4/h12-14,16H,5-11H2,1-4H3. The molecule has 0 radical (unpaired) electrons. The van der Waals surface area contributed by atoms with Crippen LogP contribution >= 0.6 is 0 Å². The van der Waals surface area contributed by atoms with E-state index in [2.05, 4.69) is 48.0 Å². The lowest BCUT2D eigenvalue weighted by Crippen LogP contribution is -2.56. The van der Waals surface area contributed by atoms with Gasteiger partial charge in [-0.05, 0) is 26.9 Å². The topological polar surface area (TPSA) is 38.8 Å². The average Bonchev–Trinajstić information content (AvgIpc) is 2.72. The minimum Gasteiger partial charge on any atom is -0.324 e. The molecule has 1 N–H and O–H groups in total. The van der Waals surface area contributed by atoms with Crippen LogP contribution in [0.25, 0.3) is 0 Å². The van der Waals surface area contributed by atoms with E-state index in [1.165, 1.54) is 0 Å². The Morgan fingerprint density at radius 2 is 2.00 bits per heavy atom. The second kappa shape index (κ2) is 6.87. The summed E-state index contributed by atoms with van der Waals surface area (Å²) in [6.45, 7) is 8.39. The smallest absolute Gasteiger partial charge is 0.241 e. The lowest BCUT2D eigenvalue weighted by atomic mass is 10.1. The van der Waals surface area contributed by atoms with Gasteiger partial charge in [0.15, 0.2) is 0 Å². The average molecular weight is 282 g/mol. The SMILES string of the molecule is CCCC1NC(CC)C(=O)N1CC1CN(C)CCN1C. The molecule has 2 rings (SSSR count). The zero-order chi connectivity index (χ0) is 14.7. The molecule has 0 bridgehead atoms. The van der Waals surface area contributed by atoms with Crippen molar-refractivity contribution in [2.75, 3.05) is 40.3 Å². The molecule has 2 fully saturated rings. The fourth-order valence-corrected chi connectivity index (χ4v) is 3.30. The van der Waals surface area contributed by atoms with Crippen molar-refractivity contribution >= 4 is 5.91 Å². The zero-order valence-corrected chi connectivity index (χ0v) is 13.4. The van der Waals surface area contributed by atoms with Gasteiger partial charge in [-0.3, -0.25) is 15.0 Å². The molecular weight excluding hydrogens is 252 g/mol. The summed E-state index contributed by atoms with van der Waals surface area (Å²) in [5.74, 6) is 0.299. The van der Waals surface area contributed by atoms with Gasteiger partial charge in [0.05, 0.1) is 12.2 Å². The molecule has 3 atom stereocenters. The zero-order valence-electron chi connectivity index (χ0n) is 13.4.